The summed E-state index contributed by atoms with van der Waals surface area (Å²) in [4.78, 5) is 0. The lowest BCUT2D eigenvalue weighted by Gasteiger charge is -2.18. The van der Waals surface area contributed by atoms with E-state index in [2.05, 4.69) is 98.8 Å². The average molecular weight is 793 g/mol. The first-order valence-electron chi connectivity index (χ1n) is 21.9. The number of benzene rings is 5. The number of unbranched alkanes of at least 4 members (excludes halogenated alkanes) is 10. The Balaban J connectivity index is 1.48. The molecule has 0 fully saturated rings. The second kappa shape index (κ2) is 25.9. The molecule has 60 heavy (non-hydrogen) atoms. The Bertz CT molecular complexity index is 2070. The summed E-state index contributed by atoms with van der Waals surface area (Å²) < 4.78 is 13.1. The maximum absolute atomic E-state index is 10.7. The van der Waals surface area contributed by atoms with Crippen molar-refractivity contribution in [2.75, 3.05) is 13.2 Å². The zero-order chi connectivity index (χ0) is 42.0. The summed E-state index contributed by atoms with van der Waals surface area (Å²) in [5, 5.41) is 21.4. The van der Waals surface area contributed by atoms with Crippen molar-refractivity contribution in [3.05, 3.63) is 166 Å². The van der Waals surface area contributed by atoms with Crippen LogP contribution in [0, 0.1) is 22.7 Å². The third-order valence-electron chi connectivity index (χ3n) is 10.4. The third-order valence-corrected chi connectivity index (χ3v) is 10.4. The molecular formula is C56H60N2O2. The van der Waals surface area contributed by atoms with Crippen molar-refractivity contribution in [1.82, 2.24) is 0 Å². The van der Waals surface area contributed by atoms with E-state index < -0.39 is 0 Å². The molecule has 0 aliphatic heterocycles. The summed E-state index contributed by atoms with van der Waals surface area (Å²) in [5.74, 6) is 1.14. The highest BCUT2D eigenvalue weighted by Gasteiger charge is 2.19. The van der Waals surface area contributed by atoms with Crippen molar-refractivity contribution in [2.24, 2.45) is 0 Å². The minimum absolute atomic E-state index is 0.470. The Morgan fingerprint density at radius 1 is 0.417 bits per heavy atom. The highest BCUT2D eigenvalue weighted by molar-refractivity contribution is 5.96. The van der Waals surface area contributed by atoms with Crippen LogP contribution in [0.2, 0.25) is 0 Å². The fraction of sp³-hybridized carbons (Fsp3) is 0.286. The lowest BCUT2D eigenvalue weighted by molar-refractivity contribution is 0.295. The van der Waals surface area contributed by atoms with Crippen molar-refractivity contribution < 1.29 is 9.47 Å². The fourth-order valence-corrected chi connectivity index (χ4v) is 6.94. The summed E-state index contributed by atoms with van der Waals surface area (Å²) in [6.45, 7) is 5.48. The zero-order valence-electron chi connectivity index (χ0n) is 35.6. The second-order valence-electron chi connectivity index (χ2n) is 15.2. The van der Waals surface area contributed by atoms with Crippen LogP contribution < -0.4 is 9.47 Å². The van der Waals surface area contributed by atoms with Gasteiger partial charge in [0.2, 0.25) is 0 Å². The number of rotatable bonds is 24. The van der Waals surface area contributed by atoms with Crippen LogP contribution in [-0.2, 0) is 0 Å². The number of allylic oxidation sites excluding steroid dienone is 2. The topological polar surface area (TPSA) is 66.0 Å². The van der Waals surface area contributed by atoms with Gasteiger partial charge in [-0.05, 0) is 70.5 Å². The zero-order valence-corrected chi connectivity index (χ0v) is 35.6. The Hall–Kier alpha value is -6.36. The van der Waals surface area contributed by atoms with Crippen molar-refractivity contribution in [1.29, 1.82) is 10.5 Å². The summed E-state index contributed by atoms with van der Waals surface area (Å²) in [7, 11) is 0. The molecule has 306 valence electrons. The Morgan fingerprint density at radius 2 is 0.733 bits per heavy atom. The van der Waals surface area contributed by atoms with Gasteiger partial charge in [-0.15, -0.1) is 0 Å². The molecule has 0 saturated heterocycles. The van der Waals surface area contributed by atoms with E-state index >= 15 is 0 Å². The van der Waals surface area contributed by atoms with Crippen LogP contribution in [0.1, 0.15) is 135 Å². The van der Waals surface area contributed by atoms with E-state index in [9.17, 15) is 10.5 Å². The lowest BCUT2D eigenvalue weighted by Crippen LogP contribution is -2.05. The van der Waals surface area contributed by atoms with Crippen LogP contribution in [0.5, 0.6) is 11.5 Å². The van der Waals surface area contributed by atoms with Gasteiger partial charge in [0.1, 0.15) is 11.5 Å². The predicted molar refractivity (Wildman–Crippen MR) is 255 cm³/mol. The first-order chi connectivity index (χ1) is 29.6. The molecule has 5 rings (SSSR count). The molecule has 5 aromatic carbocycles. The Morgan fingerprint density at radius 3 is 1.08 bits per heavy atom. The van der Waals surface area contributed by atoms with E-state index in [1.165, 1.54) is 51.4 Å². The molecule has 0 radical (unpaired) electrons. The van der Waals surface area contributed by atoms with E-state index in [0.717, 1.165) is 59.1 Å². The van der Waals surface area contributed by atoms with Crippen molar-refractivity contribution in [3.63, 3.8) is 0 Å². The molecule has 0 aromatic heterocycles. The van der Waals surface area contributed by atoms with Crippen LogP contribution in [0.25, 0.3) is 47.6 Å². The number of hydrogen-bond acceptors (Lipinski definition) is 4. The molecule has 4 heteroatoms. The summed E-state index contributed by atoms with van der Waals surface area (Å²) in [5.41, 5.74) is 8.49. The van der Waals surface area contributed by atoms with Crippen LogP contribution >= 0.6 is 0 Å². The van der Waals surface area contributed by atoms with E-state index in [1.54, 1.807) is 0 Å². The van der Waals surface area contributed by atoms with E-state index in [0.29, 0.717) is 47.0 Å². The van der Waals surface area contributed by atoms with Gasteiger partial charge in [0.25, 0.3) is 0 Å². The van der Waals surface area contributed by atoms with Gasteiger partial charge in [-0.2, -0.15) is 10.5 Å². The number of hydrogen-bond donors (Lipinski definition) is 0. The lowest BCUT2D eigenvalue weighted by atomic mass is 9.96. The smallest absolute Gasteiger partial charge is 0.128 e. The number of nitriles is 2. The maximum atomic E-state index is 10.7. The van der Waals surface area contributed by atoms with Crippen LogP contribution in [0.4, 0.5) is 0 Å². The predicted octanol–water partition coefficient (Wildman–Crippen LogP) is 15.6. The largest absolute Gasteiger partial charge is 0.493 e. The molecule has 5 aromatic rings. The van der Waals surface area contributed by atoms with Gasteiger partial charge in [0.15, 0.2) is 0 Å². The van der Waals surface area contributed by atoms with E-state index in [4.69, 9.17) is 9.47 Å². The minimum atomic E-state index is 0.470. The van der Waals surface area contributed by atoms with Gasteiger partial charge in [0, 0.05) is 11.1 Å². The Labute approximate surface area is 359 Å². The average Bonchev–Trinajstić information content (AvgIpc) is 3.29. The monoisotopic (exact) mass is 792 g/mol. The van der Waals surface area contributed by atoms with Crippen molar-refractivity contribution in [2.45, 2.75) is 90.9 Å². The Kier molecular flexibility index (Phi) is 19.3. The summed E-state index contributed by atoms with van der Waals surface area (Å²) >= 11 is 0. The van der Waals surface area contributed by atoms with Gasteiger partial charge in [-0.3, -0.25) is 0 Å². The second-order valence-corrected chi connectivity index (χ2v) is 15.2. The highest BCUT2D eigenvalue weighted by Crippen LogP contribution is 2.38. The highest BCUT2D eigenvalue weighted by atomic mass is 16.5. The normalized spacial score (nSPS) is 11.8. The van der Waals surface area contributed by atoms with Crippen molar-refractivity contribution >= 4 is 47.6 Å². The standard InChI is InChI=1S/C56H60N2O2/c1-3-5-7-9-11-19-37-59-55-41-54(52(44-58)40-50-35-31-48(32-36-50)28-26-46-23-17-14-18-24-46)56(60-38-20-12-10-8-6-4-2)42-53(55)51(43-57)39-49-33-29-47(30-34-49)27-25-45-21-15-13-16-22-45/h13-18,21-36,39-42H,3-12,19-20,37-38H2,1-2H3/b27-25+,28-26+,51-39+,52-40+. The van der Waals surface area contributed by atoms with Crippen LogP contribution in [-0.4, -0.2) is 13.2 Å². The number of nitrogens with zero attached hydrogens (tertiary/aromatic N) is 2. The molecule has 4 nitrogen and oxygen atoms in total. The summed E-state index contributed by atoms with van der Waals surface area (Å²) in [6, 6.07) is 45.6. The first-order valence-corrected chi connectivity index (χ1v) is 21.9. The third kappa shape index (κ3) is 15.1. The molecule has 0 amide bonds. The quantitative estimate of drug-likeness (QED) is 0.0355. The van der Waals surface area contributed by atoms with Crippen molar-refractivity contribution in [3.8, 4) is 23.6 Å². The molecular weight excluding hydrogens is 733 g/mol. The number of ether oxygens (including phenoxy) is 2. The van der Waals surface area contributed by atoms with Gasteiger partial charge in [-0.1, -0.05) is 212 Å². The van der Waals surface area contributed by atoms with E-state index in [-0.39, 0.29) is 0 Å². The molecule has 0 bridgehead atoms. The minimum Gasteiger partial charge on any atom is -0.493 e. The van der Waals surface area contributed by atoms with Crippen LogP contribution in [0.15, 0.2) is 121 Å². The van der Waals surface area contributed by atoms with E-state index in [1.807, 2.05) is 84.9 Å². The molecule has 0 atom stereocenters. The SMILES string of the molecule is CCCCCCCCOc1cc(/C(C#N)=C/c2ccc(/C=C/c3ccccc3)cc2)c(OCCCCCCCC)cc1/C(C#N)=C/c1ccc(/C=C/c2ccccc2)cc1. The fourth-order valence-electron chi connectivity index (χ4n) is 6.94. The maximum Gasteiger partial charge on any atom is 0.128 e. The molecule has 0 heterocycles. The first kappa shape index (κ1) is 44.7. The van der Waals surface area contributed by atoms with Gasteiger partial charge < -0.3 is 9.47 Å². The van der Waals surface area contributed by atoms with Gasteiger partial charge in [-0.25, -0.2) is 0 Å². The van der Waals surface area contributed by atoms with Gasteiger partial charge in [0.05, 0.1) is 36.5 Å². The molecule has 0 saturated carbocycles. The summed E-state index contributed by atoms with van der Waals surface area (Å²) in [6.07, 6.45) is 25.8. The molecule has 0 aliphatic carbocycles. The van der Waals surface area contributed by atoms with Crippen LogP contribution in [0.3, 0.4) is 0 Å². The van der Waals surface area contributed by atoms with Gasteiger partial charge >= 0.3 is 0 Å². The molecule has 0 spiro atoms. The molecule has 0 aliphatic rings. The molecule has 0 N–H and O–H groups in total. The molecule has 0 unspecified atom stereocenters.